The fourth-order valence-electron chi connectivity index (χ4n) is 1.81. The van der Waals surface area contributed by atoms with Crippen LogP contribution in [0.25, 0.3) is 5.82 Å². The van der Waals surface area contributed by atoms with E-state index in [4.69, 9.17) is 11.6 Å². The molecule has 17 heavy (non-hydrogen) atoms. The first kappa shape index (κ1) is 12.0. The molecule has 0 saturated heterocycles. The SMILES string of the molecule is CCc1nn(-c2cc(C)nc(C)n2)c(Cl)c1C. The standard InChI is InChI=1S/C12H15ClN4/c1-5-10-8(3)12(13)17(16-10)11-6-7(2)14-9(4)15-11/h6H,5H2,1-4H3. The zero-order valence-electron chi connectivity index (χ0n) is 10.5. The minimum atomic E-state index is 0.624. The van der Waals surface area contributed by atoms with Crippen molar-refractivity contribution in [3.05, 3.63) is 34.0 Å². The van der Waals surface area contributed by atoms with Crippen LogP contribution in [0.1, 0.15) is 29.7 Å². The molecule has 0 aromatic carbocycles. The van der Waals surface area contributed by atoms with Gasteiger partial charge in [0.05, 0.1) is 5.69 Å². The van der Waals surface area contributed by atoms with Crippen LogP contribution in [0, 0.1) is 20.8 Å². The van der Waals surface area contributed by atoms with Gasteiger partial charge in [-0.2, -0.15) is 5.10 Å². The van der Waals surface area contributed by atoms with Crippen LogP contribution in [0.4, 0.5) is 0 Å². The zero-order chi connectivity index (χ0) is 12.6. The molecule has 4 nitrogen and oxygen atoms in total. The Kier molecular flexibility index (Phi) is 3.15. The van der Waals surface area contributed by atoms with Gasteiger partial charge in [-0.15, -0.1) is 0 Å². The molecule has 0 saturated carbocycles. The van der Waals surface area contributed by atoms with Crippen molar-refractivity contribution < 1.29 is 0 Å². The Morgan fingerprint density at radius 2 is 1.94 bits per heavy atom. The van der Waals surface area contributed by atoms with Gasteiger partial charge in [-0.25, -0.2) is 14.6 Å². The van der Waals surface area contributed by atoms with Crippen LogP contribution < -0.4 is 0 Å². The lowest BCUT2D eigenvalue weighted by Crippen LogP contribution is -2.04. The first-order valence-electron chi connectivity index (χ1n) is 5.59. The van der Waals surface area contributed by atoms with E-state index in [1.54, 1.807) is 4.68 Å². The summed E-state index contributed by atoms with van der Waals surface area (Å²) in [4.78, 5) is 8.60. The minimum Gasteiger partial charge on any atom is -0.238 e. The number of aryl methyl sites for hydroxylation is 3. The number of rotatable bonds is 2. The van der Waals surface area contributed by atoms with E-state index in [0.717, 1.165) is 35.0 Å². The molecule has 5 heteroatoms. The van der Waals surface area contributed by atoms with Crippen LogP contribution in [0.3, 0.4) is 0 Å². The molecular weight excluding hydrogens is 236 g/mol. The molecule has 0 unspecified atom stereocenters. The molecule has 0 atom stereocenters. The van der Waals surface area contributed by atoms with Gasteiger partial charge in [0, 0.05) is 17.3 Å². The van der Waals surface area contributed by atoms with Crippen LogP contribution in [-0.2, 0) is 6.42 Å². The monoisotopic (exact) mass is 250 g/mol. The highest BCUT2D eigenvalue weighted by molar-refractivity contribution is 6.30. The van der Waals surface area contributed by atoms with E-state index < -0.39 is 0 Å². The van der Waals surface area contributed by atoms with Crippen LogP contribution in [-0.4, -0.2) is 19.7 Å². The summed E-state index contributed by atoms with van der Waals surface area (Å²) in [5.41, 5.74) is 2.93. The molecule has 0 N–H and O–H groups in total. The van der Waals surface area contributed by atoms with Gasteiger partial charge >= 0.3 is 0 Å². The van der Waals surface area contributed by atoms with Gasteiger partial charge < -0.3 is 0 Å². The van der Waals surface area contributed by atoms with Gasteiger partial charge in [0.25, 0.3) is 0 Å². The molecular formula is C12H15ClN4. The molecule has 0 aliphatic heterocycles. The van der Waals surface area contributed by atoms with Crippen molar-refractivity contribution in [2.24, 2.45) is 0 Å². The van der Waals surface area contributed by atoms with Crippen molar-refractivity contribution in [2.75, 3.05) is 0 Å². The highest BCUT2D eigenvalue weighted by Gasteiger charge is 2.13. The van der Waals surface area contributed by atoms with E-state index >= 15 is 0 Å². The summed E-state index contributed by atoms with van der Waals surface area (Å²) >= 11 is 6.27. The number of nitrogens with zero attached hydrogens (tertiary/aromatic N) is 4. The van der Waals surface area contributed by atoms with E-state index in [-0.39, 0.29) is 0 Å². The van der Waals surface area contributed by atoms with Crippen LogP contribution in [0.2, 0.25) is 5.15 Å². The molecule has 90 valence electrons. The van der Waals surface area contributed by atoms with Crippen molar-refractivity contribution in [3.8, 4) is 5.82 Å². The second-order valence-corrected chi connectivity index (χ2v) is 4.40. The summed E-state index contributed by atoms with van der Waals surface area (Å²) in [5.74, 6) is 1.45. The quantitative estimate of drug-likeness (QED) is 0.823. The Hall–Kier alpha value is -1.42. The first-order valence-corrected chi connectivity index (χ1v) is 5.97. The van der Waals surface area contributed by atoms with Crippen LogP contribution in [0.5, 0.6) is 0 Å². The highest BCUT2D eigenvalue weighted by atomic mass is 35.5. The van der Waals surface area contributed by atoms with Crippen molar-refractivity contribution in [2.45, 2.75) is 34.1 Å². The molecule has 2 rings (SSSR count). The smallest absolute Gasteiger partial charge is 0.159 e. The largest absolute Gasteiger partial charge is 0.238 e. The highest BCUT2D eigenvalue weighted by Crippen LogP contribution is 2.22. The third kappa shape index (κ3) is 2.17. The molecule has 0 aliphatic carbocycles. The van der Waals surface area contributed by atoms with Gasteiger partial charge in [0.2, 0.25) is 0 Å². The molecule has 0 radical (unpaired) electrons. The maximum Gasteiger partial charge on any atom is 0.159 e. The minimum absolute atomic E-state index is 0.624. The average molecular weight is 251 g/mol. The Bertz CT molecular complexity index is 540. The first-order chi connectivity index (χ1) is 8.02. The van der Waals surface area contributed by atoms with E-state index in [2.05, 4.69) is 22.0 Å². The lowest BCUT2D eigenvalue weighted by Gasteiger charge is -2.04. The summed E-state index contributed by atoms with van der Waals surface area (Å²) in [5, 5.41) is 5.10. The topological polar surface area (TPSA) is 43.6 Å². The number of hydrogen-bond donors (Lipinski definition) is 0. The van der Waals surface area contributed by atoms with E-state index in [1.807, 2.05) is 26.8 Å². The molecule has 0 bridgehead atoms. The summed E-state index contributed by atoms with van der Waals surface area (Å²) in [6, 6.07) is 1.88. The van der Waals surface area contributed by atoms with Crippen LogP contribution >= 0.6 is 11.6 Å². The molecule has 0 amide bonds. The molecule has 2 aromatic rings. The van der Waals surface area contributed by atoms with Gasteiger partial charge in [-0.1, -0.05) is 18.5 Å². The van der Waals surface area contributed by atoms with E-state index in [0.29, 0.717) is 5.15 Å². The molecule has 0 spiro atoms. The predicted molar refractivity (Wildman–Crippen MR) is 67.8 cm³/mol. The summed E-state index contributed by atoms with van der Waals surface area (Å²) < 4.78 is 1.68. The Morgan fingerprint density at radius 3 is 2.47 bits per heavy atom. The Labute approximate surface area is 106 Å². The predicted octanol–water partition coefficient (Wildman–Crippen LogP) is 2.80. The molecule has 2 heterocycles. The number of aromatic nitrogens is 4. The van der Waals surface area contributed by atoms with Crippen molar-refractivity contribution in [3.63, 3.8) is 0 Å². The number of halogens is 1. The average Bonchev–Trinajstić information content (AvgIpc) is 2.54. The molecule has 0 fully saturated rings. The number of hydrogen-bond acceptors (Lipinski definition) is 3. The lowest BCUT2D eigenvalue weighted by molar-refractivity contribution is 0.799. The van der Waals surface area contributed by atoms with E-state index in [9.17, 15) is 0 Å². The van der Waals surface area contributed by atoms with Crippen LogP contribution in [0.15, 0.2) is 6.07 Å². The summed E-state index contributed by atoms with van der Waals surface area (Å²) in [6.45, 7) is 7.84. The van der Waals surface area contributed by atoms with Gasteiger partial charge in [-0.3, -0.25) is 0 Å². The normalized spacial score (nSPS) is 10.9. The fraction of sp³-hybridized carbons (Fsp3) is 0.417. The molecule has 2 aromatic heterocycles. The lowest BCUT2D eigenvalue weighted by atomic mass is 10.2. The fourth-order valence-corrected chi connectivity index (χ4v) is 2.04. The van der Waals surface area contributed by atoms with Crippen molar-refractivity contribution in [1.29, 1.82) is 0 Å². The third-order valence-electron chi connectivity index (χ3n) is 2.65. The van der Waals surface area contributed by atoms with Gasteiger partial charge in [0.1, 0.15) is 11.0 Å². The summed E-state index contributed by atoms with van der Waals surface area (Å²) in [6.07, 6.45) is 0.863. The van der Waals surface area contributed by atoms with Crippen molar-refractivity contribution in [1.82, 2.24) is 19.7 Å². The maximum atomic E-state index is 6.27. The second-order valence-electron chi connectivity index (χ2n) is 4.04. The Balaban J connectivity index is 2.60. The summed E-state index contributed by atoms with van der Waals surface area (Å²) in [7, 11) is 0. The molecule has 0 aliphatic rings. The van der Waals surface area contributed by atoms with Crippen molar-refractivity contribution >= 4 is 11.6 Å². The van der Waals surface area contributed by atoms with Gasteiger partial charge in [0.15, 0.2) is 5.82 Å². The Morgan fingerprint density at radius 1 is 1.24 bits per heavy atom. The third-order valence-corrected chi connectivity index (χ3v) is 3.10. The second kappa shape index (κ2) is 4.45. The zero-order valence-corrected chi connectivity index (χ0v) is 11.2. The van der Waals surface area contributed by atoms with E-state index in [1.165, 1.54) is 0 Å². The maximum absolute atomic E-state index is 6.27. The van der Waals surface area contributed by atoms with Gasteiger partial charge in [-0.05, 0) is 27.2 Å².